The van der Waals surface area contributed by atoms with Gasteiger partial charge in [-0.3, -0.25) is 0 Å². The summed E-state index contributed by atoms with van der Waals surface area (Å²) in [6.45, 7) is 5.95. The first-order chi connectivity index (χ1) is 9.56. The summed E-state index contributed by atoms with van der Waals surface area (Å²) in [5, 5.41) is 0. The molecular formula is C16H27N3O. The predicted molar refractivity (Wildman–Crippen MR) is 84.2 cm³/mol. The van der Waals surface area contributed by atoms with Gasteiger partial charge in [-0.1, -0.05) is 26.7 Å². The summed E-state index contributed by atoms with van der Waals surface area (Å²) in [5.74, 6) is 2.79. The molecule has 1 heterocycles. The van der Waals surface area contributed by atoms with Crippen LogP contribution in [0.1, 0.15) is 39.5 Å². The maximum Gasteiger partial charge on any atom is 0.239 e. The lowest BCUT2D eigenvalue weighted by Crippen LogP contribution is -2.25. The SMILES string of the molecule is CC(C)COc1nc(N(C)CC2CCCC2)ccc1N. The molecule has 112 valence electrons. The maximum atomic E-state index is 5.93. The fraction of sp³-hybridized carbons (Fsp3) is 0.688. The van der Waals surface area contributed by atoms with Gasteiger partial charge in [0.05, 0.1) is 12.3 Å². The molecule has 0 aliphatic heterocycles. The van der Waals surface area contributed by atoms with E-state index in [4.69, 9.17) is 10.5 Å². The maximum absolute atomic E-state index is 5.93. The van der Waals surface area contributed by atoms with E-state index in [2.05, 4.69) is 30.8 Å². The van der Waals surface area contributed by atoms with Gasteiger partial charge in [0.15, 0.2) is 0 Å². The van der Waals surface area contributed by atoms with Crippen molar-refractivity contribution in [1.29, 1.82) is 0 Å². The highest BCUT2D eigenvalue weighted by molar-refractivity contribution is 5.54. The van der Waals surface area contributed by atoms with E-state index in [9.17, 15) is 0 Å². The van der Waals surface area contributed by atoms with Gasteiger partial charge in [0.25, 0.3) is 0 Å². The molecule has 0 unspecified atom stereocenters. The van der Waals surface area contributed by atoms with Crippen molar-refractivity contribution in [2.24, 2.45) is 11.8 Å². The first kappa shape index (κ1) is 14.9. The van der Waals surface area contributed by atoms with Crippen LogP contribution in [-0.2, 0) is 0 Å². The molecule has 2 rings (SSSR count). The van der Waals surface area contributed by atoms with Crippen molar-refractivity contribution in [1.82, 2.24) is 4.98 Å². The van der Waals surface area contributed by atoms with Gasteiger partial charge in [-0.15, -0.1) is 0 Å². The quantitative estimate of drug-likeness (QED) is 0.866. The Bertz CT molecular complexity index is 428. The van der Waals surface area contributed by atoms with Gasteiger partial charge in [0, 0.05) is 13.6 Å². The lowest BCUT2D eigenvalue weighted by Gasteiger charge is -2.23. The number of hydrogen-bond acceptors (Lipinski definition) is 4. The fourth-order valence-corrected chi connectivity index (χ4v) is 2.69. The highest BCUT2D eigenvalue weighted by Gasteiger charge is 2.18. The minimum Gasteiger partial charge on any atom is -0.476 e. The normalized spacial score (nSPS) is 15.8. The third-order valence-corrected chi connectivity index (χ3v) is 3.83. The number of hydrogen-bond donors (Lipinski definition) is 1. The monoisotopic (exact) mass is 277 g/mol. The van der Waals surface area contributed by atoms with Crippen LogP contribution in [0.25, 0.3) is 0 Å². The predicted octanol–water partition coefficient (Wildman–Crippen LogP) is 3.33. The zero-order chi connectivity index (χ0) is 14.5. The van der Waals surface area contributed by atoms with Crippen molar-refractivity contribution in [3.8, 4) is 5.88 Å². The van der Waals surface area contributed by atoms with Gasteiger partial charge >= 0.3 is 0 Å². The largest absolute Gasteiger partial charge is 0.476 e. The second-order valence-corrected chi connectivity index (χ2v) is 6.30. The molecule has 0 saturated heterocycles. The number of ether oxygens (including phenoxy) is 1. The van der Waals surface area contributed by atoms with Crippen LogP contribution >= 0.6 is 0 Å². The molecule has 1 aliphatic carbocycles. The molecule has 1 saturated carbocycles. The van der Waals surface area contributed by atoms with Crippen molar-refractivity contribution in [3.63, 3.8) is 0 Å². The number of anilines is 2. The average molecular weight is 277 g/mol. The van der Waals surface area contributed by atoms with Gasteiger partial charge in [-0.25, -0.2) is 0 Å². The molecule has 1 aromatic heterocycles. The van der Waals surface area contributed by atoms with Crippen LogP contribution in [0.5, 0.6) is 5.88 Å². The van der Waals surface area contributed by atoms with E-state index in [1.807, 2.05) is 12.1 Å². The molecule has 4 nitrogen and oxygen atoms in total. The zero-order valence-corrected chi connectivity index (χ0v) is 12.9. The van der Waals surface area contributed by atoms with Gasteiger partial charge in [0.2, 0.25) is 5.88 Å². The summed E-state index contributed by atoms with van der Waals surface area (Å²) in [7, 11) is 2.10. The number of rotatable bonds is 6. The highest BCUT2D eigenvalue weighted by atomic mass is 16.5. The summed E-state index contributed by atoms with van der Waals surface area (Å²) in [4.78, 5) is 6.78. The van der Waals surface area contributed by atoms with E-state index in [0.717, 1.165) is 18.3 Å². The summed E-state index contributed by atoms with van der Waals surface area (Å²) < 4.78 is 5.70. The van der Waals surface area contributed by atoms with Gasteiger partial charge < -0.3 is 15.4 Å². The van der Waals surface area contributed by atoms with Crippen LogP contribution < -0.4 is 15.4 Å². The Balaban J connectivity index is 2.01. The first-order valence-electron chi connectivity index (χ1n) is 7.66. The van der Waals surface area contributed by atoms with Gasteiger partial charge in [0.1, 0.15) is 5.82 Å². The van der Waals surface area contributed by atoms with Crippen LogP contribution in [-0.4, -0.2) is 25.2 Å². The van der Waals surface area contributed by atoms with E-state index < -0.39 is 0 Å². The van der Waals surface area contributed by atoms with Crippen LogP contribution in [0, 0.1) is 11.8 Å². The Kier molecular flexibility index (Phi) is 5.10. The minimum atomic E-state index is 0.469. The van der Waals surface area contributed by atoms with Crippen molar-refractivity contribution >= 4 is 11.5 Å². The van der Waals surface area contributed by atoms with E-state index in [1.165, 1.54) is 25.7 Å². The van der Waals surface area contributed by atoms with E-state index >= 15 is 0 Å². The molecule has 1 fully saturated rings. The van der Waals surface area contributed by atoms with Gasteiger partial charge in [-0.05, 0) is 36.8 Å². The van der Waals surface area contributed by atoms with Crippen LogP contribution in [0.3, 0.4) is 0 Å². The third-order valence-electron chi connectivity index (χ3n) is 3.83. The zero-order valence-electron chi connectivity index (χ0n) is 12.9. The van der Waals surface area contributed by atoms with Crippen molar-refractivity contribution in [2.45, 2.75) is 39.5 Å². The standard InChI is InChI=1S/C16H27N3O/c1-12(2)11-20-16-14(17)8-9-15(18-16)19(3)10-13-6-4-5-7-13/h8-9,12-13H,4-7,10-11,17H2,1-3H3. The number of nitrogen functional groups attached to an aromatic ring is 1. The van der Waals surface area contributed by atoms with Crippen molar-refractivity contribution in [2.75, 3.05) is 30.8 Å². The Labute approximate surface area is 122 Å². The smallest absolute Gasteiger partial charge is 0.239 e. The lowest BCUT2D eigenvalue weighted by molar-refractivity contribution is 0.263. The fourth-order valence-electron chi connectivity index (χ4n) is 2.69. The molecule has 0 amide bonds. The molecule has 4 heteroatoms. The first-order valence-corrected chi connectivity index (χ1v) is 7.66. The van der Waals surface area contributed by atoms with Crippen LogP contribution in [0.2, 0.25) is 0 Å². The highest BCUT2D eigenvalue weighted by Crippen LogP contribution is 2.28. The molecule has 0 atom stereocenters. The molecule has 0 bridgehead atoms. The Hall–Kier alpha value is -1.45. The molecular weight excluding hydrogens is 250 g/mol. The second kappa shape index (κ2) is 6.82. The summed E-state index contributed by atoms with van der Waals surface area (Å²) in [5.41, 5.74) is 6.55. The molecule has 1 aromatic rings. The molecule has 2 N–H and O–H groups in total. The summed E-state index contributed by atoms with van der Waals surface area (Å²) in [6, 6.07) is 3.87. The second-order valence-electron chi connectivity index (χ2n) is 6.30. The topological polar surface area (TPSA) is 51.4 Å². The number of pyridine rings is 1. The van der Waals surface area contributed by atoms with E-state index in [-0.39, 0.29) is 0 Å². The number of nitrogens with two attached hydrogens (primary N) is 1. The molecule has 0 spiro atoms. The molecule has 20 heavy (non-hydrogen) atoms. The van der Waals surface area contributed by atoms with Gasteiger partial charge in [-0.2, -0.15) is 4.98 Å². The van der Waals surface area contributed by atoms with Crippen molar-refractivity contribution < 1.29 is 4.74 Å². The summed E-state index contributed by atoms with van der Waals surface area (Å²) in [6.07, 6.45) is 5.43. The van der Waals surface area contributed by atoms with Crippen LogP contribution in [0.15, 0.2) is 12.1 Å². The van der Waals surface area contributed by atoms with E-state index in [0.29, 0.717) is 24.1 Å². The van der Waals surface area contributed by atoms with E-state index in [1.54, 1.807) is 0 Å². The number of aromatic nitrogens is 1. The molecule has 1 aliphatic rings. The Morgan fingerprint density at radius 1 is 1.35 bits per heavy atom. The molecule has 0 radical (unpaired) electrons. The molecule has 0 aromatic carbocycles. The summed E-state index contributed by atoms with van der Waals surface area (Å²) >= 11 is 0. The lowest BCUT2D eigenvalue weighted by atomic mass is 10.1. The van der Waals surface area contributed by atoms with Crippen LogP contribution in [0.4, 0.5) is 11.5 Å². The average Bonchev–Trinajstić information content (AvgIpc) is 2.90. The Morgan fingerprint density at radius 3 is 2.70 bits per heavy atom. The number of nitrogens with zero attached hydrogens (tertiary/aromatic N) is 2. The minimum absolute atomic E-state index is 0.469. The Morgan fingerprint density at radius 2 is 2.05 bits per heavy atom. The third kappa shape index (κ3) is 4.02. The van der Waals surface area contributed by atoms with Crippen molar-refractivity contribution in [3.05, 3.63) is 12.1 Å².